The van der Waals surface area contributed by atoms with Gasteiger partial charge >= 0.3 is 0 Å². The molecule has 0 N–H and O–H groups in total. The number of fused-ring (bicyclic) bond motifs is 2. The summed E-state index contributed by atoms with van der Waals surface area (Å²) in [6.45, 7) is 2.00. The molecule has 2 aliphatic heterocycles. The van der Waals surface area contributed by atoms with E-state index in [4.69, 9.17) is 0 Å². The summed E-state index contributed by atoms with van der Waals surface area (Å²) >= 11 is 0. The van der Waals surface area contributed by atoms with Crippen LogP contribution in [0.5, 0.6) is 0 Å². The summed E-state index contributed by atoms with van der Waals surface area (Å²) < 4.78 is 0. The van der Waals surface area contributed by atoms with Crippen molar-refractivity contribution < 1.29 is 4.79 Å². The summed E-state index contributed by atoms with van der Waals surface area (Å²) in [6.07, 6.45) is 2.98. The number of nitrogens with zero attached hydrogens (tertiary/aromatic N) is 1. The van der Waals surface area contributed by atoms with E-state index >= 15 is 0 Å². The lowest BCUT2D eigenvalue weighted by molar-refractivity contribution is 0.0979. The average molecular weight is 237 g/mol. The molecule has 0 bridgehead atoms. The summed E-state index contributed by atoms with van der Waals surface area (Å²) in [6, 6.07) is 10.5. The minimum Gasteiger partial charge on any atom is -0.370 e. The first kappa shape index (κ1) is 10.1. The van der Waals surface area contributed by atoms with Crippen LogP contribution in [-0.2, 0) is 6.42 Å². The zero-order valence-electron chi connectivity index (χ0n) is 10.3. The van der Waals surface area contributed by atoms with Crippen LogP contribution in [0.2, 0.25) is 0 Å². The van der Waals surface area contributed by atoms with Crippen molar-refractivity contribution in [1.82, 2.24) is 0 Å². The Morgan fingerprint density at radius 3 is 2.89 bits per heavy atom. The molecule has 2 heterocycles. The molecule has 2 aromatic rings. The summed E-state index contributed by atoms with van der Waals surface area (Å²) in [5.74, 6) is 0.315. The van der Waals surface area contributed by atoms with Gasteiger partial charge in [0.2, 0.25) is 0 Å². The van der Waals surface area contributed by atoms with E-state index in [1.54, 1.807) is 0 Å². The van der Waals surface area contributed by atoms with Gasteiger partial charge in [-0.3, -0.25) is 4.79 Å². The molecule has 90 valence electrons. The molecule has 2 aromatic carbocycles. The molecule has 0 unspecified atom stereocenters. The number of anilines is 1. The zero-order valence-corrected chi connectivity index (χ0v) is 10.3. The molecule has 0 saturated carbocycles. The van der Waals surface area contributed by atoms with Gasteiger partial charge in [0.25, 0.3) is 0 Å². The summed E-state index contributed by atoms with van der Waals surface area (Å²) in [5.41, 5.74) is 3.58. The van der Waals surface area contributed by atoms with Crippen molar-refractivity contribution in [2.45, 2.75) is 19.3 Å². The largest absolute Gasteiger partial charge is 0.370 e. The van der Waals surface area contributed by atoms with Crippen molar-refractivity contribution >= 4 is 22.2 Å². The molecule has 0 aromatic heterocycles. The number of carbonyl (C=O) groups is 1. The number of rotatable bonds is 0. The van der Waals surface area contributed by atoms with Gasteiger partial charge in [0.1, 0.15) is 0 Å². The smallest absolute Gasteiger partial charge is 0.166 e. The molecule has 0 aliphatic carbocycles. The topological polar surface area (TPSA) is 20.3 Å². The molecule has 18 heavy (non-hydrogen) atoms. The third kappa shape index (κ3) is 1.26. The van der Waals surface area contributed by atoms with E-state index < -0.39 is 0 Å². The number of hydrogen-bond acceptors (Lipinski definition) is 2. The number of benzene rings is 2. The predicted molar refractivity (Wildman–Crippen MR) is 73.4 cm³/mol. The monoisotopic (exact) mass is 237 g/mol. The van der Waals surface area contributed by atoms with Crippen molar-refractivity contribution in [3.63, 3.8) is 0 Å². The molecule has 4 rings (SSSR count). The Morgan fingerprint density at radius 1 is 1.06 bits per heavy atom. The molecule has 0 spiro atoms. The summed E-state index contributed by atoms with van der Waals surface area (Å²) in [7, 11) is 0. The second-order valence-corrected chi connectivity index (χ2v) is 5.24. The fraction of sp³-hybridized carbons (Fsp3) is 0.312. The van der Waals surface area contributed by atoms with Crippen LogP contribution >= 0.6 is 0 Å². The second kappa shape index (κ2) is 3.58. The first-order valence-electron chi connectivity index (χ1n) is 6.67. The van der Waals surface area contributed by atoms with Crippen LogP contribution in [0.25, 0.3) is 10.8 Å². The highest BCUT2D eigenvalue weighted by Gasteiger charge is 2.29. The first-order chi connectivity index (χ1) is 8.84. The normalized spacial score (nSPS) is 18.0. The number of aryl methyl sites for hydroxylation is 1. The average Bonchev–Trinajstić information content (AvgIpc) is 2.43. The fourth-order valence-electron chi connectivity index (χ4n) is 3.39. The molecule has 0 saturated heterocycles. The number of ketones is 1. The SMILES string of the molecule is O=C1CCN2CCCc3c2c1cc1ccccc31. The van der Waals surface area contributed by atoms with Crippen molar-refractivity contribution in [1.29, 1.82) is 0 Å². The van der Waals surface area contributed by atoms with Gasteiger partial charge in [-0.25, -0.2) is 0 Å². The van der Waals surface area contributed by atoms with Crippen LogP contribution in [0.15, 0.2) is 30.3 Å². The van der Waals surface area contributed by atoms with Crippen LogP contribution in [0.3, 0.4) is 0 Å². The second-order valence-electron chi connectivity index (χ2n) is 5.24. The molecule has 2 heteroatoms. The molecule has 0 fully saturated rings. The highest BCUT2D eigenvalue weighted by molar-refractivity contribution is 6.09. The Kier molecular flexibility index (Phi) is 2.01. The summed E-state index contributed by atoms with van der Waals surface area (Å²) in [4.78, 5) is 14.5. The molecular weight excluding hydrogens is 222 g/mol. The molecule has 0 radical (unpaired) electrons. The van der Waals surface area contributed by atoms with E-state index in [1.807, 2.05) is 0 Å². The van der Waals surface area contributed by atoms with E-state index in [9.17, 15) is 4.79 Å². The highest BCUT2D eigenvalue weighted by Crippen LogP contribution is 2.39. The minimum absolute atomic E-state index is 0.315. The first-order valence-corrected chi connectivity index (χ1v) is 6.67. The maximum absolute atomic E-state index is 12.1. The molecular formula is C16H15NO. The van der Waals surface area contributed by atoms with E-state index in [0.717, 1.165) is 25.1 Å². The Morgan fingerprint density at radius 2 is 1.94 bits per heavy atom. The maximum Gasteiger partial charge on any atom is 0.166 e. The lowest BCUT2D eigenvalue weighted by Gasteiger charge is -2.36. The number of carbonyl (C=O) groups excluding carboxylic acids is 1. The van der Waals surface area contributed by atoms with Crippen LogP contribution in [0.1, 0.15) is 28.8 Å². The van der Waals surface area contributed by atoms with Crippen LogP contribution in [0, 0.1) is 0 Å². The highest BCUT2D eigenvalue weighted by atomic mass is 16.1. The van der Waals surface area contributed by atoms with Gasteiger partial charge < -0.3 is 4.90 Å². The van der Waals surface area contributed by atoms with E-state index in [-0.39, 0.29) is 0 Å². The Hall–Kier alpha value is -1.83. The van der Waals surface area contributed by atoms with Crippen LogP contribution in [-0.4, -0.2) is 18.9 Å². The third-order valence-corrected chi connectivity index (χ3v) is 4.21. The Balaban J connectivity index is 2.13. The van der Waals surface area contributed by atoms with Crippen molar-refractivity contribution in [3.8, 4) is 0 Å². The van der Waals surface area contributed by atoms with Gasteiger partial charge in [-0.15, -0.1) is 0 Å². The van der Waals surface area contributed by atoms with Crippen LogP contribution < -0.4 is 4.90 Å². The van der Waals surface area contributed by atoms with Gasteiger partial charge in [-0.05, 0) is 35.2 Å². The van der Waals surface area contributed by atoms with Crippen molar-refractivity contribution in [2.75, 3.05) is 18.0 Å². The predicted octanol–water partition coefficient (Wildman–Crippen LogP) is 3.18. The Labute approximate surface area is 106 Å². The fourth-order valence-corrected chi connectivity index (χ4v) is 3.39. The van der Waals surface area contributed by atoms with Crippen molar-refractivity contribution in [2.24, 2.45) is 0 Å². The lowest BCUT2D eigenvalue weighted by Crippen LogP contribution is -2.36. The lowest BCUT2D eigenvalue weighted by atomic mass is 9.87. The molecule has 2 nitrogen and oxygen atoms in total. The third-order valence-electron chi connectivity index (χ3n) is 4.21. The van der Waals surface area contributed by atoms with Crippen LogP contribution in [0.4, 0.5) is 5.69 Å². The number of Topliss-reactive ketones (excluding diaryl/α,β-unsaturated/α-hetero) is 1. The van der Waals surface area contributed by atoms with Gasteiger partial charge in [0.05, 0.1) is 5.69 Å². The van der Waals surface area contributed by atoms with E-state index in [0.29, 0.717) is 12.2 Å². The molecule has 0 atom stereocenters. The van der Waals surface area contributed by atoms with E-state index in [2.05, 4.69) is 35.2 Å². The summed E-state index contributed by atoms with van der Waals surface area (Å²) in [5, 5.41) is 2.54. The van der Waals surface area contributed by atoms with Gasteiger partial charge in [-0.2, -0.15) is 0 Å². The standard InChI is InChI=1S/C16H15NO/c18-15-7-9-17-8-3-6-13-12-5-2-1-4-11(12)10-14(15)16(13)17/h1-2,4-5,10H,3,6-9H2. The van der Waals surface area contributed by atoms with Gasteiger partial charge in [-0.1, -0.05) is 24.3 Å². The van der Waals surface area contributed by atoms with Crippen molar-refractivity contribution in [3.05, 3.63) is 41.5 Å². The molecule has 0 amide bonds. The molecule has 2 aliphatic rings. The Bertz CT molecular complexity index is 659. The van der Waals surface area contributed by atoms with Gasteiger partial charge in [0.15, 0.2) is 5.78 Å². The minimum atomic E-state index is 0.315. The van der Waals surface area contributed by atoms with Gasteiger partial charge in [0, 0.05) is 25.1 Å². The number of hydrogen-bond donors (Lipinski definition) is 0. The maximum atomic E-state index is 12.1. The quantitative estimate of drug-likeness (QED) is 0.701. The zero-order chi connectivity index (χ0) is 12.1. The van der Waals surface area contributed by atoms with E-state index in [1.165, 1.54) is 28.4 Å².